The number of carboxylic acids is 1. The number of aliphatic carboxylic acids is 1. The molecule has 3 aromatic rings. The zero-order chi connectivity index (χ0) is 21.1. The molecule has 0 aliphatic carbocycles. The number of nitrogens with zero attached hydrogens (tertiary/aromatic N) is 2. The van der Waals surface area contributed by atoms with Crippen LogP contribution >= 0.6 is 11.6 Å². The van der Waals surface area contributed by atoms with Gasteiger partial charge in [0.05, 0.1) is 24.2 Å². The molecule has 0 radical (unpaired) electrons. The molecule has 0 bridgehead atoms. The second-order valence-electron chi connectivity index (χ2n) is 7.53. The summed E-state index contributed by atoms with van der Waals surface area (Å²) in [6.07, 6.45) is 5.23. The topological polar surface area (TPSA) is 82.5 Å². The minimum atomic E-state index is -0.966. The molecule has 6 nitrogen and oxygen atoms in total. The Bertz CT molecular complexity index is 1100. The SMILES string of the molecule is O=C(O)Cc1cc(NC(=O)[C@H]2CCCN(c3cncc4ccccc34)C2)ccc1Cl. The van der Waals surface area contributed by atoms with Crippen molar-refractivity contribution in [2.24, 2.45) is 5.92 Å². The lowest BCUT2D eigenvalue weighted by molar-refractivity contribution is -0.136. The van der Waals surface area contributed by atoms with E-state index in [0.29, 0.717) is 22.8 Å². The van der Waals surface area contributed by atoms with Crippen LogP contribution in [0.2, 0.25) is 5.02 Å². The summed E-state index contributed by atoms with van der Waals surface area (Å²) in [6, 6.07) is 13.1. The number of hydrogen-bond acceptors (Lipinski definition) is 4. The van der Waals surface area contributed by atoms with Gasteiger partial charge in [-0.15, -0.1) is 0 Å². The predicted octanol–water partition coefficient (Wildman–Crippen LogP) is 4.37. The van der Waals surface area contributed by atoms with Crippen LogP contribution in [0.4, 0.5) is 11.4 Å². The number of carboxylic acid groups (broad SMARTS) is 1. The minimum Gasteiger partial charge on any atom is -0.481 e. The molecule has 1 aliphatic rings. The van der Waals surface area contributed by atoms with Crippen LogP contribution in [0.1, 0.15) is 18.4 Å². The van der Waals surface area contributed by atoms with Crippen LogP contribution < -0.4 is 10.2 Å². The molecule has 0 saturated carbocycles. The van der Waals surface area contributed by atoms with E-state index in [1.807, 2.05) is 30.6 Å². The van der Waals surface area contributed by atoms with Gasteiger partial charge >= 0.3 is 5.97 Å². The number of benzene rings is 2. The fourth-order valence-electron chi connectivity index (χ4n) is 3.96. The van der Waals surface area contributed by atoms with Gasteiger partial charge in [0, 0.05) is 40.8 Å². The minimum absolute atomic E-state index is 0.0727. The van der Waals surface area contributed by atoms with Gasteiger partial charge in [0.1, 0.15) is 0 Å². The maximum absolute atomic E-state index is 12.9. The third-order valence-corrected chi connectivity index (χ3v) is 5.80. The summed E-state index contributed by atoms with van der Waals surface area (Å²) in [7, 11) is 0. The lowest BCUT2D eigenvalue weighted by Crippen LogP contribution is -2.40. The van der Waals surface area contributed by atoms with Gasteiger partial charge in [0.25, 0.3) is 0 Å². The Hall–Kier alpha value is -3.12. The molecule has 1 atom stereocenters. The van der Waals surface area contributed by atoms with Crippen molar-refractivity contribution in [3.63, 3.8) is 0 Å². The highest BCUT2D eigenvalue weighted by molar-refractivity contribution is 6.31. The molecule has 7 heteroatoms. The predicted molar refractivity (Wildman–Crippen MR) is 118 cm³/mol. The Morgan fingerprint density at radius 2 is 2.03 bits per heavy atom. The highest BCUT2D eigenvalue weighted by atomic mass is 35.5. The smallest absolute Gasteiger partial charge is 0.307 e. The molecule has 4 rings (SSSR count). The van der Waals surface area contributed by atoms with Gasteiger partial charge in [0.15, 0.2) is 0 Å². The maximum Gasteiger partial charge on any atom is 0.307 e. The van der Waals surface area contributed by atoms with E-state index in [1.54, 1.807) is 18.2 Å². The number of pyridine rings is 1. The van der Waals surface area contributed by atoms with Crippen LogP contribution in [0.25, 0.3) is 10.8 Å². The fraction of sp³-hybridized carbons (Fsp3) is 0.261. The number of amides is 1. The third-order valence-electron chi connectivity index (χ3n) is 5.43. The summed E-state index contributed by atoms with van der Waals surface area (Å²) in [5, 5.41) is 14.5. The number of rotatable bonds is 5. The van der Waals surface area contributed by atoms with Crippen molar-refractivity contribution in [1.82, 2.24) is 4.98 Å². The van der Waals surface area contributed by atoms with E-state index in [1.165, 1.54) is 0 Å². The van der Waals surface area contributed by atoms with Crippen LogP contribution in [0.15, 0.2) is 54.9 Å². The normalized spacial score (nSPS) is 16.4. The molecular weight excluding hydrogens is 402 g/mol. The van der Waals surface area contributed by atoms with E-state index in [0.717, 1.165) is 35.8 Å². The van der Waals surface area contributed by atoms with Crippen LogP contribution in [0, 0.1) is 5.92 Å². The highest BCUT2D eigenvalue weighted by Crippen LogP contribution is 2.30. The van der Waals surface area contributed by atoms with Crippen molar-refractivity contribution in [3.05, 3.63) is 65.4 Å². The van der Waals surface area contributed by atoms with Gasteiger partial charge < -0.3 is 15.3 Å². The van der Waals surface area contributed by atoms with E-state index in [2.05, 4.69) is 21.3 Å². The Morgan fingerprint density at radius 3 is 2.87 bits per heavy atom. The Balaban J connectivity index is 1.49. The summed E-state index contributed by atoms with van der Waals surface area (Å²) in [6.45, 7) is 1.49. The lowest BCUT2D eigenvalue weighted by Gasteiger charge is -2.34. The Morgan fingerprint density at radius 1 is 1.20 bits per heavy atom. The molecule has 2 heterocycles. The average Bonchev–Trinajstić information content (AvgIpc) is 2.75. The van der Waals surface area contributed by atoms with E-state index in [4.69, 9.17) is 16.7 Å². The molecule has 2 aromatic carbocycles. The zero-order valence-corrected chi connectivity index (χ0v) is 17.1. The van der Waals surface area contributed by atoms with E-state index < -0.39 is 5.97 Å². The van der Waals surface area contributed by atoms with Crippen molar-refractivity contribution in [1.29, 1.82) is 0 Å². The van der Waals surface area contributed by atoms with Crippen molar-refractivity contribution in [2.45, 2.75) is 19.3 Å². The Kier molecular flexibility index (Phi) is 5.86. The summed E-state index contributed by atoms with van der Waals surface area (Å²) in [5.74, 6) is -1.21. The van der Waals surface area contributed by atoms with Crippen molar-refractivity contribution < 1.29 is 14.7 Å². The number of anilines is 2. The molecule has 0 spiro atoms. The third kappa shape index (κ3) is 4.39. The number of hydrogen-bond donors (Lipinski definition) is 2. The monoisotopic (exact) mass is 423 g/mol. The molecule has 1 fully saturated rings. The van der Waals surface area contributed by atoms with Crippen molar-refractivity contribution in [2.75, 3.05) is 23.3 Å². The maximum atomic E-state index is 12.9. The molecule has 1 aliphatic heterocycles. The molecule has 1 aromatic heterocycles. The van der Waals surface area contributed by atoms with E-state index >= 15 is 0 Å². The van der Waals surface area contributed by atoms with Gasteiger partial charge in [0.2, 0.25) is 5.91 Å². The molecular formula is C23H22ClN3O3. The lowest BCUT2D eigenvalue weighted by atomic mass is 9.96. The van der Waals surface area contributed by atoms with Gasteiger partial charge in [-0.05, 0) is 36.6 Å². The number of piperidine rings is 1. The molecule has 1 amide bonds. The van der Waals surface area contributed by atoms with Crippen molar-refractivity contribution in [3.8, 4) is 0 Å². The number of carbonyl (C=O) groups is 2. The van der Waals surface area contributed by atoms with Crippen LogP contribution in [-0.2, 0) is 16.0 Å². The first kappa shape index (κ1) is 20.2. The molecule has 30 heavy (non-hydrogen) atoms. The molecule has 154 valence electrons. The van der Waals surface area contributed by atoms with Gasteiger partial charge in [-0.25, -0.2) is 0 Å². The molecule has 2 N–H and O–H groups in total. The number of carbonyl (C=O) groups excluding carboxylic acids is 1. The van der Waals surface area contributed by atoms with Crippen molar-refractivity contribution >= 4 is 45.6 Å². The summed E-state index contributed by atoms with van der Waals surface area (Å²) in [4.78, 5) is 30.5. The van der Waals surface area contributed by atoms with Gasteiger partial charge in [-0.2, -0.15) is 0 Å². The van der Waals surface area contributed by atoms with Crippen LogP contribution in [0.5, 0.6) is 0 Å². The number of halogens is 1. The number of fused-ring (bicyclic) bond motifs is 1. The number of nitrogens with one attached hydrogen (secondary N) is 1. The fourth-order valence-corrected chi connectivity index (χ4v) is 4.14. The summed E-state index contributed by atoms with van der Waals surface area (Å²) < 4.78 is 0. The highest BCUT2D eigenvalue weighted by Gasteiger charge is 2.27. The first-order valence-electron chi connectivity index (χ1n) is 9.90. The van der Waals surface area contributed by atoms with Crippen LogP contribution in [0.3, 0.4) is 0 Å². The Labute approximate surface area is 179 Å². The average molecular weight is 424 g/mol. The van der Waals surface area contributed by atoms with E-state index in [-0.39, 0.29) is 18.2 Å². The molecule has 0 unspecified atom stereocenters. The summed E-state index contributed by atoms with van der Waals surface area (Å²) >= 11 is 6.07. The van der Waals surface area contributed by atoms with Crippen LogP contribution in [-0.4, -0.2) is 35.1 Å². The standard InChI is InChI=1S/C23H22ClN3O3/c24-20-8-7-18(10-17(20)11-22(28)29)26-23(30)16-5-3-9-27(14-16)21-13-25-12-15-4-1-2-6-19(15)21/h1-2,4,6-8,10,12-13,16H,3,5,9,11,14H2,(H,26,30)(H,28,29)/t16-/m0/s1. The largest absolute Gasteiger partial charge is 0.481 e. The van der Waals surface area contributed by atoms with Gasteiger partial charge in [-0.3, -0.25) is 14.6 Å². The zero-order valence-electron chi connectivity index (χ0n) is 16.3. The van der Waals surface area contributed by atoms with E-state index in [9.17, 15) is 9.59 Å². The second-order valence-corrected chi connectivity index (χ2v) is 7.94. The second kappa shape index (κ2) is 8.71. The first-order chi connectivity index (χ1) is 14.5. The number of aromatic nitrogens is 1. The quantitative estimate of drug-likeness (QED) is 0.636. The molecule has 1 saturated heterocycles. The first-order valence-corrected chi connectivity index (χ1v) is 10.3. The summed E-state index contributed by atoms with van der Waals surface area (Å²) in [5.41, 5.74) is 2.08. The van der Waals surface area contributed by atoms with Gasteiger partial charge in [-0.1, -0.05) is 35.9 Å².